The van der Waals surface area contributed by atoms with Gasteiger partial charge in [-0.2, -0.15) is 5.26 Å². The first-order chi connectivity index (χ1) is 18.7. The van der Waals surface area contributed by atoms with Gasteiger partial charge in [-0.25, -0.2) is 8.78 Å². The molecular weight excluding hydrogens is 528 g/mol. The smallest absolute Gasteiger partial charge is 0.255 e. The van der Waals surface area contributed by atoms with Crippen molar-refractivity contribution in [2.24, 2.45) is 17.8 Å². The lowest BCUT2D eigenvalue weighted by Crippen LogP contribution is -2.70. The van der Waals surface area contributed by atoms with Gasteiger partial charge in [-0.05, 0) is 62.6 Å². The third kappa shape index (κ3) is 6.13. The van der Waals surface area contributed by atoms with Gasteiger partial charge in [-0.1, -0.05) is 30.5 Å². The molecule has 11 heteroatoms. The number of hydrogen-bond acceptors (Lipinski definition) is 5. The van der Waals surface area contributed by atoms with E-state index in [-0.39, 0.29) is 24.7 Å². The Labute approximate surface area is 231 Å². The molecule has 210 valence electrons. The summed E-state index contributed by atoms with van der Waals surface area (Å²) >= 11 is 6.14. The van der Waals surface area contributed by atoms with E-state index in [1.807, 2.05) is 6.07 Å². The number of carbonyl (C=O) groups excluding carboxylic acids is 3. The highest BCUT2D eigenvalue weighted by Gasteiger charge is 2.61. The van der Waals surface area contributed by atoms with Crippen LogP contribution in [0.5, 0.6) is 0 Å². The van der Waals surface area contributed by atoms with E-state index in [1.54, 1.807) is 24.3 Å². The predicted octanol–water partition coefficient (Wildman–Crippen LogP) is 3.86. The summed E-state index contributed by atoms with van der Waals surface area (Å²) in [6, 6.07) is 5.10. The van der Waals surface area contributed by atoms with Crippen molar-refractivity contribution < 1.29 is 23.2 Å². The molecule has 2 bridgehead atoms. The maximum atomic E-state index is 15.1. The molecule has 0 spiro atoms. The lowest BCUT2D eigenvalue weighted by Gasteiger charge is -2.54. The minimum absolute atomic E-state index is 0.0971. The Hall–Kier alpha value is -2.93. The van der Waals surface area contributed by atoms with Crippen molar-refractivity contribution in [3.63, 3.8) is 0 Å². The van der Waals surface area contributed by atoms with E-state index >= 15 is 8.78 Å². The zero-order valence-corrected chi connectivity index (χ0v) is 22.4. The van der Waals surface area contributed by atoms with Crippen LogP contribution in [0.15, 0.2) is 24.3 Å². The highest BCUT2D eigenvalue weighted by atomic mass is 35.5. The summed E-state index contributed by atoms with van der Waals surface area (Å²) < 4.78 is 30.3. The summed E-state index contributed by atoms with van der Waals surface area (Å²) in [4.78, 5) is 41.3. The number of carbonyl (C=O) groups is 3. The molecule has 0 radical (unpaired) electrons. The van der Waals surface area contributed by atoms with E-state index in [1.165, 1.54) is 4.90 Å². The highest BCUT2D eigenvalue weighted by Crippen LogP contribution is 2.49. The van der Waals surface area contributed by atoms with Gasteiger partial charge in [-0.15, -0.1) is 0 Å². The standard InChI is InChI=1S/C28H34ClF2N5O3/c29-18-4-1-5-19(13-18)34-23(11-16-6-7-16)27(39)36-21-8-9-22(28(30,31)14-21)24(36)26(38)35-20(15-32)12-17-3-2-10-33-25(17)37/h1,4-5,13,16-17,20-24,34H,2-3,6-12,14H2,(H,33,37)(H,35,38)/t17-,20-,21+,22+,23+,24-/m1/s1. The number of nitrogens with zero attached hydrogens (tertiary/aromatic N) is 2. The molecule has 39 heavy (non-hydrogen) atoms. The number of nitriles is 1. The molecule has 3 N–H and O–H groups in total. The molecule has 8 nitrogen and oxygen atoms in total. The molecule has 5 aliphatic rings. The van der Waals surface area contributed by atoms with Gasteiger partial charge in [0.05, 0.1) is 12.0 Å². The molecule has 6 atom stereocenters. The van der Waals surface area contributed by atoms with E-state index in [4.69, 9.17) is 11.6 Å². The summed E-state index contributed by atoms with van der Waals surface area (Å²) in [6.07, 6.45) is 4.01. The number of amides is 3. The monoisotopic (exact) mass is 561 g/mol. The fraction of sp³-hybridized carbons (Fsp3) is 0.643. The second kappa shape index (κ2) is 11.3. The van der Waals surface area contributed by atoms with Crippen molar-refractivity contribution in [2.75, 3.05) is 11.9 Å². The van der Waals surface area contributed by atoms with E-state index in [2.05, 4.69) is 16.0 Å². The second-order valence-electron chi connectivity index (χ2n) is 11.4. The maximum Gasteiger partial charge on any atom is 0.255 e. The Morgan fingerprint density at radius 2 is 2.00 bits per heavy atom. The molecule has 1 aromatic carbocycles. The summed E-state index contributed by atoms with van der Waals surface area (Å²) in [6.45, 7) is 0.571. The minimum atomic E-state index is -3.10. The molecule has 5 fully saturated rings. The third-order valence-electron chi connectivity index (χ3n) is 8.58. The van der Waals surface area contributed by atoms with Crippen LogP contribution in [0, 0.1) is 29.1 Å². The normalized spacial score (nSPS) is 29.1. The first-order valence-corrected chi connectivity index (χ1v) is 14.2. The SMILES string of the molecule is N#C[C@@H](C[C@H]1CCCNC1=O)NC(=O)[C@H]1[C@@H]2CC[C@@H](CC2(F)F)N1C(=O)[C@H](CC1CC1)Nc1cccc(Cl)c1. The van der Waals surface area contributed by atoms with Crippen LogP contribution >= 0.6 is 11.6 Å². The largest absolute Gasteiger partial charge is 0.374 e. The molecule has 1 aromatic rings. The van der Waals surface area contributed by atoms with Crippen LogP contribution in [0.25, 0.3) is 0 Å². The average molecular weight is 562 g/mol. The molecule has 3 amide bonds. The van der Waals surface area contributed by atoms with Crippen LogP contribution in [0.1, 0.15) is 57.8 Å². The average Bonchev–Trinajstić information content (AvgIpc) is 3.72. The fourth-order valence-corrected chi connectivity index (χ4v) is 6.63. The molecular formula is C28H34ClF2N5O3. The van der Waals surface area contributed by atoms with Gasteiger partial charge in [0.25, 0.3) is 5.92 Å². The van der Waals surface area contributed by atoms with Crippen molar-refractivity contribution in [1.82, 2.24) is 15.5 Å². The van der Waals surface area contributed by atoms with Crippen molar-refractivity contribution in [3.05, 3.63) is 29.3 Å². The van der Waals surface area contributed by atoms with Gasteiger partial charge in [0.15, 0.2) is 0 Å². The van der Waals surface area contributed by atoms with Crippen molar-refractivity contribution in [1.29, 1.82) is 5.26 Å². The first kappa shape index (κ1) is 27.6. The Morgan fingerprint density at radius 3 is 2.67 bits per heavy atom. The maximum absolute atomic E-state index is 15.1. The lowest BCUT2D eigenvalue weighted by molar-refractivity contribution is -0.194. The zero-order valence-electron chi connectivity index (χ0n) is 21.7. The Kier molecular flexibility index (Phi) is 7.99. The van der Waals surface area contributed by atoms with E-state index in [9.17, 15) is 19.6 Å². The van der Waals surface area contributed by atoms with Crippen LogP contribution in [0.3, 0.4) is 0 Å². The van der Waals surface area contributed by atoms with E-state index in [0.29, 0.717) is 42.4 Å². The quantitative estimate of drug-likeness (QED) is 0.424. The number of fused-ring (bicyclic) bond motifs is 3. The van der Waals surface area contributed by atoms with Gasteiger partial charge < -0.3 is 20.9 Å². The van der Waals surface area contributed by atoms with Gasteiger partial charge in [0, 0.05) is 35.6 Å². The zero-order chi connectivity index (χ0) is 27.7. The van der Waals surface area contributed by atoms with Crippen LogP contribution in [-0.4, -0.2) is 59.3 Å². The fourth-order valence-electron chi connectivity index (χ4n) is 6.44. The van der Waals surface area contributed by atoms with Crippen LogP contribution in [-0.2, 0) is 14.4 Å². The molecule has 3 aliphatic heterocycles. The van der Waals surface area contributed by atoms with Gasteiger partial charge >= 0.3 is 0 Å². The Balaban J connectivity index is 1.38. The number of halogens is 3. The van der Waals surface area contributed by atoms with E-state index in [0.717, 1.165) is 19.3 Å². The van der Waals surface area contributed by atoms with E-state index < -0.39 is 54.3 Å². The summed E-state index contributed by atoms with van der Waals surface area (Å²) in [5, 5.41) is 18.9. The summed E-state index contributed by atoms with van der Waals surface area (Å²) in [7, 11) is 0. The molecule has 0 aromatic heterocycles. The molecule has 3 saturated heterocycles. The number of rotatable bonds is 9. The van der Waals surface area contributed by atoms with Crippen molar-refractivity contribution >= 4 is 35.0 Å². The van der Waals surface area contributed by atoms with Crippen LogP contribution in [0.2, 0.25) is 5.02 Å². The summed E-state index contributed by atoms with van der Waals surface area (Å²) in [5.41, 5.74) is 0.644. The van der Waals surface area contributed by atoms with Gasteiger partial charge in [0.1, 0.15) is 18.1 Å². The Morgan fingerprint density at radius 1 is 1.21 bits per heavy atom. The molecule has 6 rings (SSSR count). The number of alkyl halides is 2. The topological polar surface area (TPSA) is 114 Å². The minimum Gasteiger partial charge on any atom is -0.374 e. The predicted molar refractivity (Wildman–Crippen MR) is 141 cm³/mol. The van der Waals surface area contributed by atoms with Gasteiger partial charge in [0.2, 0.25) is 17.7 Å². The number of piperidine rings is 3. The number of benzene rings is 1. The van der Waals surface area contributed by atoms with Gasteiger partial charge in [-0.3, -0.25) is 14.4 Å². The summed E-state index contributed by atoms with van der Waals surface area (Å²) in [5.74, 6) is -5.83. The number of hydrogen-bond donors (Lipinski definition) is 3. The first-order valence-electron chi connectivity index (χ1n) is 13.9. The Bertz CT molecular complexity index is 1160. The molecule has 3 heterocycles. The van der Waals surface area contributed by atoms with Crippen LogP contribution in [0.4, 0.5) is 14.5 Å². The number of anilines is 1. The molecule has 0 unspecified atom stereocenters. The third-order valence-corrected chi connectivity index (χ3v) is 8.82. The lowest BCUT2D eigenvalue weighted by atomic mass is 9.71. The highest BCUT2D eigenvalue weighted by molar-refractivity contribution is 6.30. The molecule has 2 aliphatic carbocycles. The van der Waals surface area contributed by atoms with Crippen molar-refractivity contribution in [2.45, 2.75) is 87.9 Å². The van der Waals surface area contributed by atoms with Crippen LogP contribution < -0.4 is 16.0 Å². The second-order valence-corrected chi connectivity index (χ2v) is 11.9. The van der Waals surface area contributed by atoms with Crippen molar-refractivity contribution in [3.8, 4) is 6.07 Å². The number of nitrogens with one attached hydrogen (secondary N) is 3. The molecule has 2 saturated carbocycles.